The van der Waals surface area contributed by atoms with Gasteiger partial charge in [0, 0.05) is 0 Å². The number of aromatic nitrogens is 4. The summed E-state index contributed by atoms with van der Waals surface area (Å²) in [7, 11) is 0. The monoisotopic (exact) mass is 322 g/mol. The van der Waals surface area contributed by atoms with Crippen molar-refractivity contribution >= 4 is 33.6 Å². The van der Waals surface area contributed by atoms with Crippen molar-refractivity contribution in [3.63, 3.8) is 0 Å². The lowest BCUT2D eigenvalue weighted by Crippen LogP contribution is -2.11. The van der Waals surface area contributed by atoms with Gasteiger partial charge in [0.1, 0.15) is 0 Å². The first-order valence-corrected chi connectivity index (χ1v) is 7.68. The average molecular weight is 322 g/mol. The van der Waals surface area contributed by atoms with Gasteiger partial charge in [0.25, 0.3) is 11.1 Å². The van der Waals surface area contributed by atoms with Crippen molar-refractivity contribution in [2.75, 3.05) is 0 Å². The zero-order valence-corrected chi connectivity index (χ0v) is 12.6. The first-order chi connectivity index (χ1) is 11.2. The number of aromatic amines is 2. The van der Waals surface area contributed by atoms with Crippen LogP contribution in [0.4, 0.5) is 0 Å². The Hall–Kier alpha value is -2.93. The van der Waals surface area contributed by atoms with Crippen LogP contribution in [-0.4, -0.2) is 19.9 Å². The lowest BCUT2D eigenvalue weighted by molar-refractivity contribution is 0.934. The number of hydrogen-bond acceptors (Lipinski definition) is 5. The third-order valence-electron chi connectivity index (χ3n) is 3.38. The lowest BCUT2D eigenvalue weighted by Gasteiger charge is -2.03. The van der Waals surface area contributed by atoms with E-state index in [1.165, 1.54) is 0 Å². The summed E-state index contributed by atoms with van der Waals surface area (Å²) in [6, 6.07) is 14.2. The van der Waals surface area contributed by atoms with Crippen LogP contribution in [0, 0.1) is 0 Å². The summed E-state index contributed by atoms with van der Waals surface area (Å²) in [6.45, 7) is 0. The molecule has 0 aliphatic heterocycles. The second-order valence-electron chi connectivity index (χ2n) is 4.88. The molecule has 4 rings (SSSR count). The van der Waals surface area contributed by atoms with Gasteiger partial charge in [0.05, 0.1) is 21.8 Å². The van der Waals surface area contributed by atoms with Crippen molar-refractivity contribution in [2.24, 2.45) is 0 Å². The molecule has 0 radical (unpaired) electrons. The minimum absolute atomic E-state index is 0.221. The highest BCUT2D eigenvalue weighted by atomic mass is 32.2. The highest BCUT2D eigenvalue weighted by Gasteiger charge is 2.08. The molecule has 2 aromatic heterocycles. The number of para-hydroxylation sites is 2. The van der Waals surface area contributed by atoms with E-state index in [1.54, 1.807) is 36.4 Å². The van der Waals surface area contributed by atoms with Crippen molar-refractivity contribution in [1.82, 2.24) is 19.9 Å². The first-order valence-electron chi connectivity index (χ1n) is 6.87. The molecule has 0 saturated carbocycles. The molecular weight excluding hydrogens is 312 g/mol. The largest absolute Gasteiger partial charge is 0.301 e. The van der Waals surface area contributed by atoms with Crippen molar-refractivity contribution < 1.29 is 0 Å². The normalized spacial score (nSPS) is 11.1. The highest BCUT2D eigenvalue weighted by molar-refractivity contribution is 7.99. The number of nitrogens with zero attached hydrogens (tertiary/aromatic N) is 2. The van der Waals surface area contributed by atoms with Gasteiger partial charge in [-0.2, -0.15) is 0 Å². The van der Waals surface area contributed by atoms with Crippen LogP contribution >= 0.6 is 11.8 Å². The summed E-state index contributed by atoms with van der Waals surface area (Å²) in [4.78, 5) is 38.3. The quantitative estimate of drug-likeness (QED) is 0.553. The molecule has 0 spiro atoms. The summed E-state index contributed by atoms with van der Waals surface area (Å²) in [6.07, 6.45) is 0. The minimum atomic E-state index is -0.221. The van der Waals surface area contributed by atoms with Gasteiger partial charge in [-0.05, 0) is 36.0 Å². The number of fused-ring (bicyclic) bond motifs is 2. The third kappa shape index (κ3) is 2.51. The Balaban J connectivity index is 1.82. The predicted molar refractivity (Wildman–Crippen MR) is 88.9 cm³/mol. The Bertz CT molecular complexity index is 1060. The van der Waals surface area contributed by atoms with Crippen LogP contribution in [0.25, 0.3) is 21.8 Å². The van der Waals surface area contributed by atoms with Crippen molar-refractivity contribution in [1.29, 1.82) is 0 Å². The molecule has 0 fully saturated rings. The molecule has 2 aromatic carbocycles. The van der Waals surface area contributed by atoms with Crippen molar-refractivity contribution in [3.8, 4) is 0 Å². The number of benzene rings is 2. The van der Waals surface area contributed by atoms with Gasteiger partial charge in [-0.3, -0.25) is 9.59 Å². The zero-order chi connectivity index (χ0) is 15.8. The fourth-order valence-corrected chi connectivity index (χ4v) is 3.08. The van der Waals surface area contributed by atoms with Gasteiger partial charge in [-0.15, -0.1) is 0 Å². The summed E-state index contributed by atoms with van der Waals surface area (Å²) in [5.74, 6) is 0. The van der Waals surface area contributed by atoms with E-state index >= 15 is 0 Å². The fourth-order valence-electron chi connectivity index (χ4n) is 2.32. The van der Waals surface area contributed by atoms with Crippen LogP contribution in [0.2, 0.25) is 0 Å². The summed E-state index contributed by atoms with van der Waals surface area (Å²) >= 11 is 1.11. The van der Waals surface area contributed by atoms with Gasteiger partial charge in [0.2, 0.25) is 0 Å². The molecular formula is C16H10N4O2S. The van der Waals surface area contributed by atoms with E-state index in [-0.39, 0.29) is 11.1 Å². The van der Waals surface area contributed by atoms with E-state index in [4.69, 9.17) is 0 Å². The van der Waals surface area contributed by atoms with Crippen LogP contribution in [-0.2, 0) is 0 Å². The van der Waals surface area contributed by atoms with Gasteiger partial charge < -0.3 is 9.97 Å². The molecule has 0 aliphatic carbocycles. The van der Waals surface area contributed by atoms with E-state index in [9.17, 15) is 9.59 Å². The third-order valence-corrected chi connectivity index (χ3v) is 4.15. The first kappa shape index (κ1) is 13.7. The van der Waals surface area contributed by atoms with E-state index in [0.717, 1.165) is 11.8 Å². The fraction of sp³-hybridized carbons (Fsp3) is 0. The Morgan fingerprint density at radius 3 is 1.61 bits per heavy atom. The molecule has 2 heterocycles. The van der Waals surface area contributed by atoms with Crippen LogP contribution in [0.15, 0.2) is 68.4 Å². The number of nitrogens with one attached hydrogen (secondary N) is 2. The summed E-state index contributed by atoms with van der Waals surface area (Å²) in [5, 5.41) is 1.81. The maximum Gasteiger partial charge on any atom is 0.259 e. The molecule has 0 aliphatic rings. The maximum atomic E-state index is 12.1. The molecule has 0 bridgehead atoms. The SMILES string of the molecule is O=c1[nH]c(Sc2nc3ccccc3c(=O)[nH]2)nc2ccccc12. The molecule has 4 aromatic rings. The van der Waals surface area contributed by atoms with E-state index in [0.29, 0.717) is 32.1 Å². The van der Waals surface area contributed by atoms with Gasteiger partial charge in [-0.1, -0.05) is 24.3 Å². The van der Waals surface area contributed by atoms with Crippen LogP contribution in [0.5, 0.6) is 0 Å². The van der Waals surface area contributed by atoms with Crippen LogP contribution in [0.1, 0.15) is 0 Å². The number of rotatable bonds is 2. The summed E-state index contributed by atoms with van der Waals surface area (Å²) in [5.41, 5.74) is 0.756. The van der Waals surface area contributed by atoms with Crippen LogP contribution < -0.4 is 11.1 Å². The smallest absolute Gasteiger partial charge is 0.259 e. The lowest BCUT2D eigenvalue weighted by atomic mass is 10.2. The predicted octanol–water partition coefficient (Wildman–Crippen LogP) is 2.31. The van der Waals surface area contributed by atoms with Crippen molar-refractivity contribution in [3.05, 3.63) is 69.2 Å². The maximum absolute atomic E-state index is 12.1. The molecule has 112 valence electrons. The van der Waals surface area contributed by atoms with Gasteiger partial charge >= 0.3 is 0 Å². The standard InChI is InChI=1S/C16H10N4O2S/c21-13-9-5-1-3-7-11(9)17-15(19-13)23-16-18-12-8-4-2-6-10(12)14(22)20-16/h1-8H,(H,17,19,21)(H,18,20,22). The van der Waals surface area contributed by atoms with E-state index in [1.807, 2.05) is 12.1 Å². The Morgan fingerprint density at radius 1 is 0.696 bits per heavy atom. The Labute approximate surface area is 133 Å². The second-order valence-corrected chi connectivity index (χ2v) is 5.86. The minimum Gasteiger partial charge on any atom is -0.301 e. The molecule has 7 heteroatoms. The molecule has 0 atom stereocenters. The highest BCUT2D eigenvalue weighted by Crippen LogP contribution is 2.21. The number of hydrogen-bond donors (Lipinski definition) is 2. The van der Waals surface area contributed by atoms with Gasteiger partial charge in [-0.25, -0.2) is 9.97 Å². The molecule has 0 saturated heterocycles. The molecule has 23 heavy (non-hydrogen) atoms. The second kappa shape index (κ2) is 5.36. The topological polar surface area (TPSA) is 91.5 Å². The van der Waals surface area contributed by atoms with Crippen LogP contribution in [0.3, 0.4) is 0 Å². The Morgan fingerprint density at radius 2 is 1.13 bits per heavy atom. The summed E-state index contributed by atoms with van der Waals surface area (Å²) < 4.78 is 0. The number of H-pyrrole nitrogens is 2. The zero-order valence-electron chi connectivity index (χ0n) is 11.7. The molecule has 6 nitrogen and oxygen atoms in total. The van der Waals surface area contributed by atoms with Crippen molar-refractivity contribution in [2.45, 2.75) is 10.3 Å². The molecule has 0 unspecified atom stereocenters. The average Bonchev–Trinajstić information content (AvgIpc) is 2.55. The van der Waals surface area contributed by atoms with E-state index < -0.39 is 0 Å². The van der Waals surface area contributed by atoms with E-state index in [2.05, 4.69) is 19.9 Å². The Kier molecular flexibility index (Phi) is 3.20. The molecule has 0 amide bonds. The molecule has 2 N–H and O–H groups in total. The van der Waals surface area contributed by atoms with Gasteiger partial charge in [0.15, 0.2) is 10.3 Å².